The largest absolute Gasteiger partial charge is 0.327 e. The molecule has 2 N–H and O–H groups in total. The maximum atomic E-state index is 6.15. The minimum absolute atomic E-state index is 0.461. The maximum absolute atomic E-state index is 6.15. The van der Waals surface area contributed by atoms with Gasteiger partial charge in [-0.3, -0.25) is 4.98 Å². The van der Waals surface area contributed by atoms with Crippen LogP contribution in [-0.2, 0) is 6.42 Å². The first-order chi connectivity index (χ1) is 8.33. The molecule has 0 amide bonds. The predicted molar refractivity (Wildman–Crippen MR) is 68.6 cm³/mol. The number of rotatable bonds is 3. The molecule has 1 aliphatic heterocycles. The summed E-state index contributed by atoms with van der Waals surface area (Å²) in [5.74, 6) is 1.64. The van der Waals surface area contributed by atoms with Crippen molar-refractivity contribution in [2.24, 2.45) is 17.6 Å². The Morgan fingerprint density at radius 1 is 1.35 bits per heavy atom. The molecule has 1 aliphatic carbocycles. The van der Waals surface area contributed by atoms with E-state index in [2.05, 4.69) is 16.0 Å². The summed E-state index contributed by atoms with van der Waals surface area (Å²) in [5, 5.41) is 0. The van der Waals surface area contributed by atoms with Gasteiger partial charge in [0.1, 0.15) is 0 Å². The Bertz CT molecular complexity index is 365. The summed E-state index contributed by atoms with van der Waals surface area (Å²) in [5.41, 5.74) is 7.49. The van der Waals surface area contributed by atoms with E-state index in [9.17, 15) is 0 Å². The highest BCUT2D eigenvalue weighted by Gasteiger charge is 2.40. The van der Waals surface area contributed by atoms with Crippen LogP contribution in [0.1, 0.15) is 18.4 Å². The molecule has 0 spiro atoms. The third-order valence-electron chi connectivity index (χ3n) is 4.43. The van der Waals surface area contributed by atoms with Crippen molar-refractivity contribution in [2.75, 3.05) is 19.6 Å². The minimum Gasteiger partial charge on any atom is -0.327 e. The van der Waals surface area contributed by atoms with Crippen LogP contribution in [0.5, 0.6) is 0 Å². The van der Waals surface area contributed by atoms with Crippen molar-refractivity contribution in [2.45, 2.75) is 25.3 Å². The number of aromatic nitrogens is 1. The van der Waals surface area contributed by atoms with Crippen molar-refractivity contribution < 1.29 is 0 Å². The Balaban J connectivity index is 1.52. The number of nitrogens with zero attached hydrogens (tertiary/aromatic N) is 2. The third kappa shape index (κ3) is 2.35. The summed E-state index contributed by atoms with van der Waals surface area (Å²) in [7, 11) is 0. The standard InChI is InChI=1S/C14H21N3/c15-14-4-3-12-9-17(10-13(12)14)7-5-11-2-1-6-16-8-11/h1-2,6,8,12-14H,3-5,7,9-10,15H2. The molecule has 0 bridgehead atoms. The van der Waals surface area contributed by atoms with Gasteiger partial charge in [-0.05, 0) is 42.7 Å². The number of fused-ring (bicyclic) bond motifs is 1. The molecular weight excluding hydrogens is 210 g/mol. The topological polar surface area (TPSA) is 42.1 Å². The summed E-state index contributed by atoms with van der Waals surface area (Å²) in [4.78, 5) is 6.75. The normalized spacial score (nSPS) is 32.9. The molecule has 1 aromatic heterocycles. The zero-order chi connectivity index (χ0) is 11.7. The average Bonchev–Trinajstić information content (AvgIpc) is 2.91. The van der Waals surface area contributed by atoms with Crippen molar-refractivity contribution in [3.8, 4) is 0 Å². The highest BCUT2D eigenvalue weighted by molar-refractivity contribution is 5.09. The third-order valence-corrected chi connectivity index (χ3v) is 4.43. The van der Waals surface area contributed by atoms with Crippen molar-refractivity contribution in [1.29, 1.82) is 0 Å². The number of nitrogens with two attached hydrogens (primary N) is 1. The van der Waals surface area contributed by atoms with E-state index >= 15 is 0 Å². The first-order valence-corrected chi connectivity index (χ1v) is 6.70. The Morgan fingerprint density at radius 3 is 3.06 bits per heavy atom. The van der Waals surface area contributed by atoms with Crippen molar-refractivity contribution in [3.63, 3.8) is 0 Å². The Kier molecular flexibility index (Phi) is 3.12. The van der Waals surface area contributed by atoms with Crippen LogP contribution in [0.3, 0.4) is 0 Å². The van der Waals surface area contributed by atoms with Crippen LogP contribution < -0.4 is 5.73 Å². The van der Waals surface area contributed by atoms with Crippen molar-refractivity contribution >= 4 is 0 Å². The molecule has 3 atom stereocenters. The SMILES string of the molecule is NC1CCC2CN(CCc3cccnc3)CC12. The van der Waals surface area contributed by atoms with E-state index in [4.69, 9.17) is 5.73 Å². The molecule has 3 nitrogen and oxygen atoms in total. The molecule has 0 aromatic carbocycles. The molecule has 1 saturated carbocycles. The summed E-state index contributed by atoms with van der Waals surface area (Å²) >= 11 is 0. The molecule has 1 aromatic rings. The van der Waals surface area contributed by atoms with Crippen molar-refractivity contribution in [3.05, 3.63) is 30.1 Å². The van der Waals surface area contributed by atoms with E-state index in [0.29, 0.717) is 6.04 Å². The monoisotopic (exact) mass is 231 g/mol. The van der Waals surface area contributed by atoms with E-state index in [1.807, 2.05) is 18.5 Å². The van der Waals surface area contributed by atoms with E-state index in [1.165, 1.54) is 31.5 Å². The predicted octanol–water partition coefficient (Wildman–Crippen LogP) is 1.29. The molecule has 3 heteroatoms. The Labute approximate surface area is 103 Å². The lowest BCUT2D eigenvalue weighted by molar-refractivity contribution is 0.309. The number of likely N-dealkylation sites (tertiary alicyclic amines) is 1. The lowest BCUT2D eigenvalue weighted by atomic mass is 9.98. The van der Waals surface area contributed by atoms with E-state index in [0.717, 1.165) is 24.8 Å². The van der Waals surface area contributed by atoms with Crippen LogP contribution in [0, 0.1) is 11.8 Å². The second-order valence-electron chi connectivity index (χ2n) is 5.54. The number of hydrogen-bond acceptors (Lipinski definition) is 3. The highest BCUT2D eigenvalue weighted by Crippen LogP contribution is 2.36. The van der Waals surface area contributed by atoms with Gasteiger partial charge in [0.15, 0.2) is 0 Å². The lowest BCUT2D eigenvalue weighted by Crippen LogP contribution is -2.31. The van der Waals surface area contributed by atoms with Crippen LogP contribution in [0.25, 0.3) is 0 Å². The zero-order valence-electron chi connectivity index (χ0n) is 10.3. The van der Waals surface area contributed by atoms with Crippen LogP contribution in [-0.4, -0.2) is 35.6 Å². The second-order valence-corrected chi connectivity index (χ2v) is 5.54. The van der Waals surface area contributed by atoms with Gasteiger partial charge in [-0.25, -0.2) is 0 Å². The molecule has 2 aliphatic rings. The molecular formula is C14H21N3. The Hall–Kier alpha value is -0.930. The highest BCUT2D eigenvalue weighted by atomic mass is 15.2. The summed E-state index contributed by atoms with van der Waals surface area (Å²) in [6.45, 7) is 3.64. The van der Waals surface area contributed by atoms with Gasteiger partial charge in [-0.15, -0.1) is 0 Å². The number of pyridine rings is 1. The molecule has 3 rings (SSSR count). The zero-order valence-corrected chi connectivity index (χ0v) is 10.3. The van der Waals surface area contributed by atoms with Crippen molar-refractivity contribution in [1.82, 2.24) is 9.88 Å². The van der Waals surface area contributed by atoms with Gasteiger partial charge < -0.3 is 10.6 Å². The van der Waals surface area contributed by atoms with Crippen LogP contribution in [0.4, 0.5) is 0 Å². The van der Waals surface area contributed by atoms with Gasteiger partial charge in [0.25, 0.3) is 0 Å². The second kappa shape index (κ2) is 4.75. The maximum Gasteiger partial charge on any atom is 0.0300 e. The summed E-state index contributed by atoms with van der Waals surface area (Å²) < 4.78 is 0. The van der Waals surface area contributed by atoms with Crippen LogP contribution >= 0.6 is 0 Å². The fraction of sp³-hybridized carbons (Fsp3) is 0.643. The molecule has 92 valence electrons. The first kappa shape index (κ1) is 11.2. The number of hydrogen-bond donors (Lipinski definition) is 1. The lowest BCUT2D eigenvalue weighted by Gasteiger charge is -2.18. The van der Waals surface area contributed by atoms with Gasteiger partial charge in [0.05, 0.1) is 0 Å². The molecule has 2 fully saturated rings. The van der Waals surface area contributed by atoms with E-state index < -0.39 is 0 Å². The fourth-order valence-electron chi connectivity index (χ4n) is 3.42. The van der Waals surface area contributed by atoms with Gasteiger partial charge >= 0.3 is 0 Å². The van der Waals surface area contributed by atoms with Gasteiger partial charge in [0.2, 0.25) is 0 Å². The smallest absolute Gasteiger partial charge is 0.0300 e. The van der Waals surface area contributed by atoms with Gasteiger partial charge in [-0.2, -0.15) is 0 Å². The summed E-state index contributed by atoms with van der Waals surface area (Å²) in [6.07, 6.45) is 7.51. The van der Waals surface area contributed by atoms with Crippen LogP contribution in [0.15, 0.2) is 24.5 Å². The van der Waals surface area contributed by atoms with Gasteiger partial charge in [-0.1, -0.05) is 6.07 Å². The van der Waals surface area contributed by atoms with Crippen LogP contribution in [0.2, 0.25) is 0 Å². The fourth-order valence-corrected chi connectivity index (χ4v) is 3.42. The molecule has 2 heterocycles. The van der Waals surface area contributed by atoms with Gasteiger partial charge in [0, 0.05) is 38.1 Å². The van der Waals surface area contributed by atoms with E-state index in [1.54, 1.807) is 0 Å². The molecule has 3 unspecified atom stereocenters. The quantitative estimate of drug-likeness (QED) is 0.852. The van der Waals surface area contributed by atoms with E-state index in [-0.39, 0.29) is 0 Å². The summed E-state index contributed by atoms with van der Waals surface area (Å²) in [6, 6.07) is 4.64. The molecule has 17 heavy (non-hydrogen) atoms. The minimum atomic E-state index is 0.461. The molecule has 0 radical (unpaired) electrons. The average molecular weight is 231 g/mol. The first-order valence-electron chi connectivity index (χ1n) is 6.70. The molecule has 1 saturated heterocycles. The Morgan fingerprint density at radius 2 is 2.29 bits per heavy atom.